The van der Waals surface area contributed by atoms with Crippen LogP contribution in [0.1, 0.15) is 174 Å². The Morgan fingerprint density at radius 1 is 0.640 bits per heavy atom. The lowest BCUT2D eigenvalue weighted by molar-refractivity contribution is -0.154. The number of aliphatic carboxylic acids is 1. The number of esters is 1. The Bertz CT molecular complexity index is 899. The van der Waals surface area contributed by atoms with Gasteiger partial charge in [0.1, 0.15) is 12.1 Å². The molecule has 0 aromatic heterocycles. The van der Waals surface area contributed by atoms with Crippen molar-refractivity contribution < 1.29 is 42.7 Å². The van der Waals surface area contributed by atoms with Crippen LogP contribution in [-0.4, -0.2) is 60.5 Å². The van der Waals surface area contributed by atoms with E-state index in [4.69, 9.17) is 29.4 Å². The SMILES string of the molecule is CCCCC/C=C\C/C=C\CCCCCCCCOCC(COP(=O)(O)OCC(N)C(=O)O)OC(=O)CCCCCCCCCCCCCC. The van der Waals surface area contributed by atoms with Gasteiger partial charge in [-0.15, -0.1) is 0 Å². The minimum atomic E-state index is -4.61. The number of allylic oxidation sites excluding steroid dienone is 4. The summed E-state index contributed by atoms with van der Waals surface area (Å²) in [6.07, 6.45) is 36.5. The maximum atomic E-state index is 12.6. The molecule has 11 heteroatoms. The van der Waals surface area contributed by atoms with E-state index in [1.165, 1.54) is 103 Å². The van der Waals surface area contributed by atoms with Gasteiger partial charge in [0.15, 0.2) is 0 Å². The van der Waals surface area contributed by atoms with Crippen molar-refractivity contribution in [3.63, 3.8) is 0 Å². The Morgan fingerprint density at radius 2 is 1.10 bits per heavy atom. The lowest BCUT2D eigenvalue weighted by atomic mass is 10.0. The predicted molar refractivity (Wildman–Crippen MR) is 203 cm³/mol. The summed E-state index contributed by atoms with van der Waals surface area (Å²) >= 11 is 0. The summed E-state index contributed by atoms with van der Waals surface area (Å²) in [5, 5.41) is 8.87. The van der Waals surface area contributed by atoms with E-state index in [1.807, 2.05) is 0 Å². The maximum absolute atomic E-state index is 12.6. The van der Waals surface area contributed by atoms with Gasteiger partial charge >= 0.3 is 19.8 Å². The molecule has 10 nitrogen and oxygen atoms in total. The van der Waals surface area contributed by atoms with Crippen LogP contribution >= 0.6 is 7.82 Å². The first kappa shape index (κ1) is 48.5. The number of rotatable bonds is 38. The Balaban J connectivity index is 4.29. The van der Waals surface area contributed by atoms with Gasteiger partial charge < -0.3 is 25.2 Å². The van der Waals surface area contributed by atoms with Crippen LogP contribution in [0.15, 0.2) is 24.3 Å². The summed E-state index contributed by atoms with van der Waals surface area (Å²) in [6.45, 7) is 3.83. The number of phosphoric acid groups is 1. The molecule has 0 fully saturated rings. The number of ether oxygens (including phenoxy) is 2. The number of carbonyl (C=O) groups is 2. The number of nitrogens with two attached hydrogens (primary N) is 1. The fourth-order valence-electron chi connectivity index (χ4n) is 5.34. The lowest BCUT2D eigenvalue weighted by Crippen LogP contribution is -2.34. The van der Waals surface area contributed by atoms with E-state index in [0.29, 0.717) is 13.0 Å². The van der Waals surface area contributed by atoms with Crippen LogP contribution < -0.4 is 5.73 Å². The number of phosphoric ester groups is 1. The highest BCUT2D eigenvalue weighted by molar-refractivity contribution is 7.47. The summed E-state index contributed by atoms with van der Waals surface area (Å²) in [5.41, 5.74) is 5.34. The van der Waals surface area contributed by atoms with Crippen LogP contribution in [0.5, 0.6) is 0 Å². The second kappa shape index (κ2) is 35.8. The Hall–Kier alpha value is -1.55. The number of carbonyl (C=O) groups excluding carboxylic acids is 1. The maximum Gasteiger partial charge on any atom is 0.472 e. The van der Waals surface area contributed by atoms with Crippen LogP contribution in [0, 0.1) is 0 Å². The van der Waals surface area contributed by atoms with Gasteiger partial charge in [-0.2, -0.15) is 0 Å². The fraction of sp³-hybridized carbons (Fsp3) is 0.846. The Morgan fingerprint density at radius 3 is 1.66 bits per heavy atom. The molecule has 0 bridgehead atoms. The molecule has 0 amide bonds. The van der Waals surface area contributed by atoms with Gasteiger partial charge in [-0.05, 0) is 44.9 Å². The zero-order valence-electron chi connectivity index (χ0n) is 31.7. The van der Waals surface area contributed by atoms with Crippen LogP contribution in [0.4, 0.5) is 0 Å². The third-order valence-corrected chi connectivity index (χ3v) is 9.43. The molecule has 0 aliphatic heterocycles. The molecule has 4 N–H and O–H groups in total. The van der Waals surface area contributed by atoms with E-state index >= 15 is 0 Å². The van der Waals surface area contributed by atoms with Gasteiger partial charge in [0, 0.05) is 13.0 Å². The van der Waals surface area contributed by atoms with Crippen LogP contribution in [-0.2, 0) is 32.7 Å². The molecule has 3 atom stereocenters. The molecule has 294 valence electrons. The minimum Gasteiger partial charge on any atom is -0.480 e. The molecule has 0 rings (SSSR count). The van der Waals surface area contributed by atoms with Gasteiger partial charge in [0.25, 0.3) is 0 Å². The van der Waals surface area contributed by atoms with E-state index in [9.17, 15) is 19.0 Å². The average molecular weight is 732 g/mol. The van der Waals surface area contributed by atoms with E-state index in [2.05, 4.69) is 38.2 Å². The van der Waals surface area contributed by atoms with Crippen molar-refractivity contribution in [1.29, 1.82) is 0 Å². The topological polar surface area (TPSA) is 155 Å². The molecular formula is C39H74NO9P. The van der Waals surface area contributed by atoms with E-state index in [1.54, 1.807) is 0 Å². The highest BCUT2D eigenvalue weighted by Crippen LogP contribution is 2.43. The van der Waals surface area contributed by atoms with Crippen LogP contribution in [0.25, 0.3) is 0 Å². The van der Waals surface area contributed by atoms with Gasteiger partial charge in [-0.25, -0.2) is 4.57 Å². The van der Waals surface area contributed by atoms with Crippen LogP contribution in [0.2, 0.25) is 0 Å². The lowest BCUT2D eigenvalue weighted by Gasteiger charge is -2.20. The molecule has 0 aromatic rings. The minimum absolute atomic E-state index is 0.0130. The molecule has 0 saturated carbocycles. The van der Waals surface area contributed by atoms with Gasteiger partial charge in [-0.3, -0.25) is 18.6 Å². The first-order chi connectivity index (χ1) is 24.2. The molecular weight excluding hydrogens is 657 g/mol. The number of unbranched alkanes of at least 4 members (excludes halogenated alkanes) is 20. The van der Waals surface area contributed by atoms with Gasteiger partial charge in [0.05, 0.1) is 19.8 Å². The Labute approximate surface area is 304 Å². The van der Waals surface area contributed by atoms with Gasteiger partial charge in [-0.1, -0.05) is 147 Å². The van der Waals surface area contributed by atoms with Crippen molar-refractivity contribution in [2.45, 2.75) is 187 Å². The highest BCUT2D eigenvalue weighted by atomic mass is 31.2. The molecule has 0 aliphatic rings. The normalized spacial score (nSPS) is 14.3. The van der Waals surface area contributed by atoms with Crippen molar-refractivity contribution in [3.8, 4) is 0 Å². The summed E-state index contributed by atoms with van der Waals surface area (Å²) in [7, 11) is -4.61. The zero-order valence-corrected chi connectivity index (χ0v) is 32.6. The van der Waals surface area contributed by atoms with Crippen molar-refractivity contribution >= 4 is 19.8 Å². The number of carboxylic acids is 1. The molecule has 0 heterocycles. The second-order valence-electron chi connectivity index (χ2n) is 13.4. The third kappa shape index (κ3) is 34.9. The monoisotopic (exact) mass is 732 g/mol. The number of hydrogen-bond acceptors (Lipinski definition) is 8. The standard InChI is InChI=1S/C39H74NO9P/c1-3-5-7-9-11-13-15-17-18-19-20-22-24-26-28-30-32-46-33-36(34-47-50(44,45)48-35-37(40)39(42)43)49-38(41)31-29-27-25-23-21-16-14-12-10-8-6-4-2/h11,13,17-18,36-37H,3-10,12,14-16,19-35,40H2,1-2H3,(H,42,43)(H,44,45)/b13-11-,18-17-. The molecule has 0 spiro atoms. The first-order valence-electron chi connectivity index (χ1n) is 19.9. The fourth-order valence-corrected chi connectivity index (χ4v) is 6.12. The molecule has 3 unspecified atom stereocenters. The van der Waals surface area contributed by atoms with Crippen molar-refractivity contribution in [2.24, 2.45) is 5.73 Å². The van der Waals surface area contributed by atoms with Crippen LogP contribution in [0.3, 0.4) is 0 Å². The van der Waals surface area contributed by atoms with Crippen molar-refractivity contribution in [2.75, 3.05) is 26.4 Å². The summed E-state index contributed by atoms with van der Waals surface area (Å²) < 4.78 is 33.2. The third-order valence-electron chi connectivity index (χ3n) is 8.48. The first-order valence-corrected chi connectivity index (χ1v) is 21.4. The quantitative estimate of drug-likeness (QED) is 0.0242. The van der Waals surface area contributed by atoms with Gasteiger partial charge in [0.2, 0.25) is 0 Å². The average Bonchev–Trinajstić information content (AvgIpc) is 3.09. The molecule has 50 heavy (non-hydrogen) atoms. The summed E-state index contributed by atoms with van der Waals surface area (Å²) in [4.78, 5) is 33.4. The smallest absolute Gasteiger partial charge is 0.472 e. The summed E-state index contributed by atoms with van der Waals surface area (Å²) in [6, 6.07) is -1.47. The highest BCUT2D eigenvalue weighted by Gasteiger charge is 2.27. The van der Waals surface area contributed by atoms with E-state index in [-0.39, 0.29) is 13.0 Å². The van der Waals surface area contributed by atoms with E-state index in [0.717, 1.165) is 44.9 Å². The van der Waals surface area contributed by atoms with E-state index < -0.39 is 45.1 Å². The molecule has 0 aromatic carbocycles. The molecule has 0 radical (unpaired) electrons. The van der Waals surface area contributed by atoms with Crippen molar-refractivity contribution in [1.82, 2.24) is 0 Å². The molecule has 0 saturated heterocycles. The number of hydrogen-bond donors (Lipinski definition) is 3. The number of carboxylic acid groups (broad SMARTS) is 1. The zero-order chi connectivity index (χ0) is 37.0. The van der Waals surface area contributed by atoms with Crippen molar-refractivity contribution in [3.05, 3.63) is 24.3 Å². The predicted octanol–water partition coefficient (Wildman–Crippen LogP) is 10.4. The molecule has 0 aliphatic carbocycles. The summed E-state index contributed by atoms with van der Waals surface area (Å²) in [5.74, 6) is -1.78. The Kier molecular flexibility index (Phi) is 34.7. The largest absolute Gasteiger partial charge is 0.480 e. The second-order valence-corrected chi connectivity index (χ2v) is 14.9.